The molecule has 0 unspecified atom stereocenters. The third-order valence-corrected chi connectivity index (χ3v) is 2.44. The van der Waals surface area contributed by atoms with Crippen molar-refractivity contribution in [3.05, 3.63) is 77.4 Å². The van der Waals surface area contributed by atoms with Crippen molar-refractivity contribution in [1.29, 1.82) is 0 Å². The number of carbonyl (C=O) groups is 1. The van der Waals surface area contributed by atoms with Crippen LogP contribution in [0.25, 0.3) is 6.08 Å². The average molecular weight is 244 g/mol. The molecule has 0 atom stereocenters. The van der Waals surface area contributed by atoms with Crippen LogP contribution in [0.5, 0.6) is 0 Å². The second kappa shape index (κ2) is 5.36. The van der Waals surface area contributed by atoms with Crippen LogP contribution < -0.4 is 0 Å². The Morgan fingerprint density at radius 1 is 0.944 bits per heavy atom. The molecular formula is C15H10F2O. The first-order chi connectivity index (χ1) is 8.66. The molecule has 0 aromatic heterocycles. The zero-order valence-corrected chi connectivity index (χ0v) is 9.44. The normalized spacial score (nSPS) is 10.8. The number of allylic oxidation sites excluding steroid dienone is 1. The fraction of sp³-hybridized carbons (Fsp3) is 0. The lowest BCUT2D eigenvalue weighted by molar-refractivity contribution is 0.104. The van der Waals surface area contributed by atoms with Crippen molar-refractivity contribution in [1.82, 2.24) is 0 Å². The van der Waals surface area contributed by atoms with E-state index in [0.717, 1.165) is 0 Å². The second-order valence-electron chi connectivity index (χ2n) is 3.73. The van der Waals surface area contributed by atoms with Gasteiger partial charge in [0.1, 0.15) is 11.6 Å². The van der Waals surface area contributed by atoms with Crippen LogP contribution in [0.4, 0.5) is 8.78 Å². The third-order valence-electron chi connectivity index (χ3n) is 2.44. The van der Waals surface area contributed by atoms with Crippen molar-refractivity contribution >= 4 is 11.9 Å². The summed E-state index contributed by atoms with van der Waals surface area (Å²) in [6, 6.07) is 11.5. The van der Waals surface area contributed by atoms with Crippen LogP contribution in [0.1, 0.15) is 15.9 Å². The van der Waals surface area contributed by atoms with Gasteiger partial charge in [-0.15, -0.1) is 0 Å². The molecule has 0 saturated heterocycles. The molecule has 0 saturated carbocycles. The van der Waals surface area contributed by atoms with Crippen LogP contribution in [0.3, 0.4) is 0 Å². The minimum absolute atomic E-state index is 0.0239. The Morgan fingerprint density at radius 2 is 1.61 bits per heavy atom. The summed E-state index contributed by atoms with van der Waals surface area (Å²) in [5, 5.41) is 0. The van der Waals surface area contributed by atoms with Crippen LogP contribution >= 0.6 is 0 Å². The maximum absolute atomic E-state index is 13.3. The highest BCUT2D eigenvalue weighted by Gasteiger charge is 2.06. The number of hydrogen-bond donors (Lipinski definition) is 0. The molecule has 0 bridgehead atoms. The van der Waals surface area contributed by atoms with Crippen LogP contribution in [-0.2, 0) is 0 Å². The quantitative estimate of drug-likeness (QED) is 0.592. The monoisotopic (exact) mass is 244 g/mol. The third kappa shape index (κ3) is 2.88. The second-order valence-corrected chi connectivity index (χ2v) is 3.73. The van der Waals surface area contributed by atoms with E-state index in [1.54, 1.807) is 18.2 Å². The van der Waals surface area contributed by atoms with E-state index in [9.17, 15) is 13.6 Å². The van der Waals surface area contributed by atoms with Crippen molar-refractivity contribution in [3.63, 3.8) is 0 Å². The van der Waals surface area contributed by atoms with E-state index in [1.165, 1.54) is 42.5 Å². The lowest BCUT2D eigenvalue weighted by Gasteiger charge is -1.97. The Labute approximate surface area is 103 Å². The molecule has 0 radical (unpaired) electrons. The fourth-order valence-corrected chi connectivity index (χ4v) is 1.50. The molecule has 1 nitrogen and oxygen atoms in total. The number of carbonyl (C=O) groups excluding carboxylic acids is 1. The van der Waals surface area contributed by atoms with Gasteiger partial charge in [-0.3, -0.25) is 4.79 Å². The van der Waals surface area contributed by atoms with Gasteiger partial charge >= 0.3 is 0 Å². The molecule has 0 spiro atoms. The molecule has 0 aliphatic heterocycles. The van der Waals surface area contributed by atoms with Gasteiger partial charge < -0.3 is 0 Å². The number of rotatable bonds is 3. The predicted octanol–water partition coefficient (Wildman–Crippen LogP) is 3.86. The topological polar surface area (TPSA) is 17.1 Å². The summed E-state index contributed by atoms with van der Waals surface area (Å²) in [5.74, 6) is -1.31. The fourth-order valence-electron chi connectivity index (χ4n) is 1.50. The van der Waals surface area contributed by atoms with Gasteiger partial charge in [0.2, 0.25) is 0 Å². The van der Waals surface area contributed by atoms with Gasteiger partial charge in [-0.1, -0.05) is 30.3 Å². The molecule has 0 N–H and O–H groups in total. The van der Waals surface area contributed by atoms with Crippen LogP contribution in [0.2, 0.25) is 0 Å². The van der Waals surface area contributed by atoms with Crippen molar-refractivity contribution in [2.24, 2.45) is 0 Å². The van der Waals surface area contributed by atoms with Crippen LogP contribution in [0.15, 0.2) is 54.6 Å². The van der Waals surface area contributed by atoms with Gasteiger partial charge in [-0.2, -0.15) is 0 Å². The van der Waals surface area contributed by atoms with Gasteiger partial charge in [-0.25, -0.2) is 8.78 Å². The van der Waals surface area contributed by atoms with Gasteiger partial charge in [0, 0.05) is 0 Å². The summed E-state index contributed by atoms with van der Waals surface area (Å²) in [4.78, 5) is 11.7. The average Bonchev–Trinajstić information content (AvgIpc) is 2.38. The number of ketones is 1. The van der Waals surface area contributed by atoms with E-state index in [1.807, 2.05) is 0 Å². The Balaban J connectivity index is 2.17. The van der Waals surface area contributed by atoms with E-state index in [4.69, 9.17) is 0 Å². The van der Waals surface area contributed by atoms with Crippen molar-refractivity contribution in [2.45, 2.75) is 0 Å². The van der Waals surface area contributed by atoms with Gasteiger partial charge in [0.15, 0.2) is 5.78 Å². The van der Waals surface area contributed by atoms with E-state index in [0.29, 0.717) is 5.56 Å². The minimum Gasteiger partial charge on any atom is -0.289 e. The molecule has 2 aromatic rings. The molecular weight excluding hydrogens is 234 g/mol. The first kappa shape index (κ1) is 12.2. The molecule has 90 valence electrons. The summed E-state index contributed by atoms with van der Waals surface area (Å²) in [7, 11) is 0. The molecule has 0 heterocycles. The van der Waals surface area contributed by atoms with E-state index < -0.39 is 11.6 Å². The Kier molecular flexibility index (Phi) is 3.63. The van der Waals surface area contributed by atoms with Gasteiger partial charge in [0.05, 0.1) is 5.56 Å². The predicted molar refractivity (Wildman–Crippen MR) is 66.2 cm³/mol. The highest BCUT2D eigenvalue weighted by molar-refractivity contribution is 6.06. The maximum atomic E-state index is 13.3. The molecule has 0 aliphatic rings. The van der Waals surface area contributed by atoms with Crippen molar-refractivity contribution < 1.29 is 13.6 Å². The first-order valence-electron chi connectivity index (χ1n) is 5.39. The smallest absolute Gasteiger partial charge is 0.188 e. The summed E-state index contributed by atoms with van der Waals surface area (Å²) in [6.07, 6.45) is 2.79. The van der Waals surface area contributed by atoms with Crippen molar-refractivity contribution in [3.8, 4) is 0 Å². The van der Waals surface area contributed by atoms with E-state index >= 15 is 0 Å². The van der Waals surface area contributed by atoms with Gasteiger partial charge in [-0.05, 0) is 35.9 Å². The van der Waals surface area contributed by atoms with E-state index in [-0.39, 0.29) is 11.4 Å². The van der Waals surface area contributed by atoms with Gasteiger partial charge in [0.25, 0.3) is 0 Å². The standard InChI is InChI=1S/C15H10F2O/c16-12-8-5-11(6-9-12)7-10-15(18)13-3-1-2-4-14(13)17/h1-10H/b10-7+. The largest absolute Gasteiger partial charge is 0.289 e. The lowest BCUT2D eigenvalue weighted by Crippen LogP contribution is -1.97. The molecule has 2 aromatic carbocycles. The Hall–Kier alpha value is -2.29. The van der Waals surface area contributed by atoms with Crippen molar-refractivity contribution in [2.75, 3.05) is 0 Å². The molecule has 18 heavy (non-hydrogen) atoms. The minimum atomic E-state index is -0.550. The van der Waals surface area contributed by atoms with E-state index in [2.05, 4.69) is 0 Å². The maximum Gasteiger partial charge on any atom is 0.188 e. The zero-order valence-electron chi connectivity index (χ0n) is 9.44. The van der Waals surface area contributed by atoms with Crippen LogP contribution in [0, 0.1) is 11.6 Å². The highest BCUT2D eigenvalue weighted by Crippen LogP contribution is 2.10. The number of hydrogen-bond acceptors (Lipinski definition) is 1. The zero-order chi connectivity index (χ0) is 13.0. The number of halogens is 2. The SMILES string of the molecule is O=C(/C=C/c1ccc(F)cc1)c1ccccc1F. The lowest BCUT2D eigenvalue weighted by atomic mass is 10.1. The summed E-state index contributed by atoms with van der Waals surface area (Å²) < 4.78 is 26.0. The molecule has 2 rings (SSSR count). The molecule has 0 aliphatic carbocycles. The highest BCUT2D eigenvalue weighted by atomic mass is 19.1. The number of benzene rings is 2. The molecule has 0 amide bonds. The molecule has 3 heteroatoms. The van der Waals surface area contributed by atoms with Crippen LogP contribution in [-0.4, -0.2) is 5.78 Å². The Bertz CT molecular complexity index is 586. The summed E-state index contributed by atoms with van der Waals surface area (Å²) >= 11 is 0. The Morgan fingerprint density at radius 3 is 2.28 bits per heavy atom. The first-order valence-corrected chi connectivity index (χ1v) is 5.39. The summed E-state index contributed by atoms with van der Waals surface area (Å²) in [6.45, 7) is 0. The summed E-state index contributed by atoms with van der Waals surface area (Å²) in [5.41, 5.74) is 0.706. The molecule has 0 fully saturated rings.